The summed E-state index contributed by atoms with van der Waals surface area (Å²) < 4.78 is 19.3. The molecule has 2 aromatic carbocycles. The summed E-state index contributed by atoms with van der Waals surface area (Å²) in [6.07, 6.45) is -0.921. The second-order valence-corrected chi connectivity index (χ2v) is 7.13. The molecule has 0 aliphatic heterocycles. The van der Waals surface area contributed by atoms with Crippen LogP contribution in [0, 0.1) is 12.7 Å². The van der Waals surface area contributed by atoms with Gasteiger partial charge in [-0.05, 0) is 49.1 Å². The van der Waals surface area contributed by atoms with Gasteiger partial charge in [-0.2, -0.15) is 0 Å². The number of hydrogen-bond acceptors (Lipinski definition) is 4. The van der Waals surface area contributed by atoms with Crippen molar-refractivity contribution in [3.8, 4) is 0 Å². The Balaban J connectivity index is 1.58. The second-order valence-electron chi connectivity index (χ2n) is 6.04. The molecule has 0 saturated carbocycles. The Morgan fingerprint density at radius 1 is 1.15 bits per heavy atom. The van der Waals surface area contributed by atoms with Crippen molar-refractivity contribution in [3.63, 3.8) is 0 Å². The van der Waals surface area contributed by atoms with Crippen LogP contribution in [0.3, 0.4) is 0 Å². The predicted octanol–water partition coefficient (Wildman–Crippen LogP) is 4.21. The fourth-order valence-electron chi connectivity index (χ4n) is 2.43. The number of nitrogens with one attached hydrogen (secondary N) is 1. The molecule has 26 heavy (non-hydrogen) atoms. The van der Waals surface area contributed by atoms with E-state index in [0.29, 0.717) is 16.8 Å². The second kappa shape index (κ2) is 7.66. The Morgan fingerprint density at radius 3 is 2.62 bits per heavy atom. The fourth-order valence-corrected chi connectivity index (χ4v) is 3.35. The monoisotopic (exact) mass is 371 g/mol. The molecule has 0 saturated heterocycles. The molecule has 0 aliphatic rings. The summed E-state index contributed by atoms with van der Waals surface area (Å²) in [7, 11) is 0. The largest absolute Gasteiger partial charge is 0.448 e. The molecule has 6 heteroatoms. The third-order valence-corrected chi connectivity index (χ3v) is 5.02. The average molecular weight is 371 g/mol. The van der Waals surface area contributed by atoms with Gasteiger partial charge in [0, 0.05) is 11.2 Å². The lowest BCUT2D eigenvalue weighted by atomic mass is 10.1. The van der Waals surface area contributed by atoms with E-state index >= 15 is 0 Å². The molecule has 0 fully saturated rings. The van der Waals surface area contributed by atoms with E-state index < -0.39 is 12.1 Å². The number of carbonyl (C=O) groups is 2. The van der Waals surface area contributed by atoms with Crippen molar-refractivity contribution < 1.29 is 18.7 Å². The van der Waals surface area contributed by atoms with Crippen molar-refractivity contribution in [2.75, 3.05) is 0 Å². The number of rotatable bonds is 5. The van der Waals surface area contributed by atoms with Crippen molar-refractivity contribution >= 4 is 33.3 Å². The molecule has 0 aliphatic carbocycles. The first-order valence-electron chi connectivity index (χ1n) is 8.16. The van der Waals surface area contributed by atoms with E-state index in [1.165, 1.54) is 30.4 Å². The summed E-state index contributed by atoms with van der Waals surface area (Å²) in [4.78, 5) is 24.7. The van der Waals surface area contributed by atoms with Gasteiger partial charge < -0.3 is 10.1 Å². The number of amides is 1. The number of thiophene rings is 1. The summed E-state index contributed by atoms with van der Waals surface area (Å²) in [5.74, 6) is -1.32. The maximum absolute atomic E-state index is 13.2. The van der Waals surface area contributed by atoms with Gasteiger partial charge >= 0.3 is 5.97 Å². The zero-order chi connectivity index (χ0) is 18.7. The highest BCUT2D eigenvalue weighted by Crippen LogP contribution is 2.27. The Bertz CT molecular complexity index is 949. The molecule has 3 rings (SSSR count). The summed E-state index contributed by atoms with van der Waals surface area (Å²) in [6, 6.07) is 13.7. The van der Waals surface area contributed by atoms with Gasteiger partial charge in [0.05, 0.1) is 0 Å². The van der Waals surface area contributed by atoms with Crippen LogP contribution in [-0.2, 0) is 16.1 Å². The normalized spacial score (nSPS) is 12.0. The number of esters is 1. The number of fused-ring (bicyclic) bond motifs is 1. The number of carbonyl (C=O) groups excluding carboxylic acids is 2. The lowest BCUT2D eigenvalue weighted by molar-refractivity contribution is -0.129. The van der Waals surface area contributed by atoms with Crippen LogP contribution >= 0.6 is 11.3 Å². The number of ether oxygens (including phenoxy) is 1. The topological polar surface area (TPSA) is 55.4 Å². The molecule has 1 heterocycles. The van der Waals surface area contributed by atoms with Crippen LogP contribution in [0.2, 0.25) is 0 Å². The van der Waals surface area contributed by atoms with Crippen LogP contribution in [0.25, 0.3) is 10.1 Å². The summed E-state index contributed by atoms with van der Waals surface area (Å²) in [6.45, 7) is 3.88. The summed E-state index contributed by atoms with van der Waals surface area (Å²) in [5, 5.41) is 3.38. The number of halogens is 1. The molecule has 0 radical (unpaired) electrons. The van der Waals surface area contributed by atoms with Crippen LogP contribution in [0.4, 0.5) is 4.39 Å². The van der Waals surface area contributed by atoms with Gasteiger partial charge in [0.25, 0.3) is 5.91 Å². The van der Waals surface area contributed by atoms with Crippen molar-refractivity contribution in [2.45, 2.75) is 26.5 Å². The molecule has 1 amide bonds. The molecule has 134 valence electrons. The summed E-state index contributed by atoms with van der Waals surface area (Å²) in [5.41, 5.74) is 2.11. The number of benzene rings is 2. The van der Waals surface area contributed by atoms with E-state index in [2.05, 4.69) is 5.32 Å². The standard InChI is InChI=1S/C20H18FNO3S/c1-12-3-5-14(6-4-12)11-22-19(23)13(2)25-20(24)18-10-15-9-16(21)7-8-17(15)26-18/h3-10,13H,11H2,1-2H3,(H,22,23)/t13-/m0/s1. The predicted molar refractivity (Wildman–Crippen MR) is 99.7 cm³/mol. The lowest BCUT2D eigenvalue weighted by Gasteiger charge is -2.13. The maximum atomic E-state index is 13.2. The van der Waals surface area contributed by atoms with Gasteiger partial charge in [0.1, 0.15) is 10.7 Å². The van der Waals surface area contributed by atoms with Crippen LogP contribution in [0.5, 0.6) is 0 Å². The first-order valence-corrected chi connectivity index (χ1v) is 8.97. The van der Waals surface area contributed by atoms with E-state index in [1.54, 1.807) is 12.1 Å². The minimum atomic E-state index is -0.921. The van der Waals surface area contributed by atoms with Crippen LogP contribution in [-0.4, -0.2) is 18.0 Å². The van der Waals surface area contributed by atoms with E-state index in [1.807, 2.05) is 31.2 Å². The Kier molecular flexibility index (Phi) is 5.32. The molecule has 1 N–H and O–H groups in total. The fraction of sp³-hybridized carbons (Fsp3) is 0.200. The van der Waals surface area contributed by atoms with Crippen LogP contribution in [0.15, 0.2) is 48.5 Å². The van der Waals surface area contributed by atoms with E-state index in [4.69, 9.17) is 4.74 Å². The molecule has 0 unspecified atom stereocenters. The molecule has 4 nitrogen and oxygen atoms in total. The van der Waals surface area contributed by atoms with Gasteiger partial charge in [-0.3, -0.25) is 4.79 Å². The van der Waals surface area contributed by atoms with Gasteiger partial charge in [0.2, 0.25) is 0 Å². The molecule has 0 spiro atoms. The SMILES string of the molecule is Cc1ccc(CNC(=O)[C@H](C)OC(=O)c2cc3cc(F)ccc3s2)cc1. The molecule has 0 bridgehead atoms. The van der Waals surface area contributed by atoms with Crippen molar-refractivity contribution in [2.24, 2.45) is 0 Å². The Hall–Kier alpha value is -2.73. The van der Waals surface area contributed by atoms with Gasteiger partial charge in [-0.15, -0.1) is 11.3 Å². The molecule has 3 aromatic rings. The van der Waals surface area contributed by atoms with E-state index in [0.717, 1.165) is 15.8 Å². The van der Waals surface area contributed by atoms with Crippen molar-refractivity contribution in [3.05, 3.63) is 70.4 Å². The quantitative estimate of drug-likeness (QED) is 0.684. The van der Waals surface area contributed by atoms with E-state index in [-0.39, 0.29) is 11.7 Å². The average Bonchev–Trinajstić information content (AvgIpc) is 3.04. The third-order valence-electron chi connectivity index (χ3n) is 3.92. The van der Waals surface area contributed by atoms with Gasteiger partial charge in [-0.25, -0.2) is 9.18 Å². The lowest BCUT2D eigenvalue weighted by Crippen LogP contribution is -2.35. The Morgan fingerprint density at radius 2 is 1.88 bits per heavy atom. The first-order chi connectivity index (χ1) is 12.4. The van der Waals surface area contributed by atoms with Gasteiger partial charge in [-0.1, -0.05) is 29.8 Å². The van der Waals surface area contributed by atoms with Crippen LogP contribution < -0.4 is 5.32 Å². The van der Waals surface area contributed by atoms with Crippen molar-refractivity contribution in [1.29, 1.82) is 0 Å². The smallest absolute Gasteiger partial charge is 0.349 e. The first kappa shape index (κ1) is 18.1. The summed E-state index contributed by atoms with van der Waals surface area (Å²) >= 11 is 1.21. The maximum Gasteiger partial charge on any atom is 0.349 e. The van der Waals surface area contributed by atoms with E-state index in [9.17, 15) is 14.0 Å². The molecular weight excluding hydrogens is 353 g/mol. The van der Waals surface area contributed by atoms with Gasteiger partial charge in [0.15, 0.2) is 6.10 Å². The minimum absolute atomic E-state index is 0.337. The molecular formula is C20H18FNO3S. The Labute approximate surface area is 154 Å². The van der Waals surface area contributed by atoms with Crippen molar-refractivity contribution in [1.82, 2.24) is 5.32 Å². The minimum Gasteiger partial charge on any atom is -0.448 e. The number of aryl methyl sites for hydroxylation is 1. The zero-order valence-corrected chi connectivity index (χ0v) is 15.2. The number of hydrogen-bond donors (Lipinski definition) is 1. The highest BCUT2D eigenvalue weighted by molar-refractivity contribution is 7.20. The molecule has 1 atom stereocenters. The highest BCUT2D eigenvalue weighted by Gasteiger charge is 2.20. The third kappa shape index (κ3) is 4.26. The van der Waals surface area contributed by atoms with Crippen LogP contribution in [0.1, 0.15) is 27.7 Å². The highest BCUT2D eigenvalue weighted by atomic mass is 32.1. The zero-order valence-electron chi connectivity index (χ0n) is 14.4. The molecule has 1 aromatic heterocycles.